The summed E-state index contributed by atoms with van der Waals surface area (Å²) in [5.74, 6) is 1.03. The van der Waals surface area contributed by atoms with E-state index in [2.05, 4.69) is 22.0 Å². The Labute approximate surface area is 162 Å². The Morgan fingerprint density at radius 2 is 1.93 bits per heavy atom. The second-order valence-corrected chi connectivity index (χ2v) is 7.74. The van der Waals surface area contributed by atoms with E-state index in [9.17, 15) is 0 Å². The Hall–Kier alpha value is -2.80. The molecule has 0 spiro atoms. The number of amidine groups is 1. The van der Waals surface area contributed by atoms with Crippen molar-refractivity contribution in [1.82, 2.24) is 9.97 Å². The van der Waals surface area contributed by atoms with Crippen LogP contribution in [0.2, 0.25) is 0 Å². The number of piperidine rings is 1. The van der Waals surface area contributed by atoms with Gasteiger partial charge in [0.15, 0.2) is 5.17 Å². The number of fused-ring (bicyclic) bond motifs is 1. The van der Waals surface area contributed by atoms with Crippen molar-refractivity contribution in [1.29, 1.82) is 10.8 Å². The maximum Gasteiger partial charge on any atom is 0.157 e. The lowest BCUT2D eigenvalue weighted by molar-refractivity contribution is 0.573. The molecule has 0 bridgehead atoms. The largest absolute Gasteiger partial charge is 0.378 e. The number of aromatic amines is 1. The number of thioether (sulfide) groups is 1. The van der Waals surface area contributed by atoms with Crippen molar-refractivity contribution in [3.8, 4) is 11.3 Å². The fourth-order valence-corrected chi connectivity index (χ4v) is 3.98. The Kier molecular flexibility index (Phi) is 4.85. The maximum absolute atomic E-state index is 8.14. The van der Waals surface area contributed by atoms with E-state index in [0.717, 1.165) is 58.4 Å². The van der Waals surface area contributed by atoms with E-state index in [1.807, 2.05) is 30.5 Å². The number of nitrogens with two attached hydrogens (primary N) is 1. The predicted octanol–water partition coefficient (Wildman–Crippen LogP) is 4.17. The van der Waals surface area contributed by atoms with Crippen LogP contribution >= 0.6 is 11.8 Å². The molecule has 1 saturated heterocycles. The van der Waals surface area contributed by atoms with Crippen LogP contribution in [-0.2, 0) is 0 Å². The second-order valence-electron chi connectivity index (χ2n) is 6.69. The molecule has 3 heterocycles. The molecule has 0 unspecified atom stereocenters. The summed E-state index contributed by atoms with van der Waals surface area (Å²) < 4.78 is 0. The van der Waals surface area contributed by atoms with Crippen molar-refractivity contribution in [2.75, 3.05) is 18.0 Å². The van der Waals surface area contributed by atoms with Gasteiger partial charge in [-0.05, 0) is 55.3 Å². The van der Waals surface area contributed by atoms with E-state index in [4.69, 9.17) is 21.5 Å². The number of pyridine rings is 1. The Morgan fingerprint density at radius 3 is 2.70 bits per heavy atom. The zero-order valence-corrected chi connectivity index (χ0v) is 15.8. The van der Waals surface area contributed by atoms with Crippen LogP contribution < -0.4 is 10.6 Å². The maximum atomic E-state index is 8.14. The van der Waals surface area contributed by atoms with Crippen LogP contribution in [0.1, 0.15) is 24.8 Å². The second kappa shape index (κ2) is 7.44. The molecule has 27 heavy (non-hydrogen) atoms. The van der Waals surface area contributed by atoms with Gasteiger partial charge in [0.1, 0.15) is 10.9 Å². The highest BCUT2D eigenvalue weighted by atomic mass is 32.2. The number of benzene rings is 1. The van der Waals surface area contributed by atoms with Gasteiger partial charge in [0.25, 0.3) is 0 Å². The first-order valence-electron chi connectivity index (χ1n) is 9.06. The number of hydrogen-bond donors (Lipinski definition) is 4. The Balaban J connectivity index is 1.71. The summed E-state index contributed by atoms with van der Waals surface area (Å²) >= 11 is 0.954. The monoisotopic (exact) mass is 378 g/mol. The molecule has 3 aromatic rings. The Morgan fingerprint density at radius 1 is 1.11 bits per heavy atom. The molecule has 1 fully saturated rings. The van der Waals surface area contributed by atoms with Gasteiger partial charge in [-0.1, -0.05) is 12.1 Å². The van der Waals surface area contributed by atoms with Crippen molar-refractivity contribution < 1.29 is 0 Å². The van der Waals surface area contributed by atoms with E-state index < -0.39 is 0 Å². The summed E-state index contributed by atoms with van der Waals surface area (Å²) in [7, 11) is 0. The summed E-state index contributed by atoms with van der Waals surface area (Å²) in [4.78, 5) is 10.6. The van der Waals surface area contributed by atoms with E-state index in [1.54, 1.807) is 0 Å². The van der Waals surface area contributed by atoms with Gasteiger partial charge in [0.05, 0.1) is 5.69 Å². The van der Waals surface area contributed by atoms with Crippen LogP contribution in [0.3, 0.4) is 0 Å². The average Bonchev–Trinajstić information content (AvgIpc) is 3.11. The summed E-state index contributed by atoms with van der Waals surface area (Å²) in [6.07, 6.45) is 5.71. The fourth-order valence-electron chi connectivity index (χ4n) is 3.52. The van der Waals surface area contributed by atoms with Gasteiger partial charge in [-0.25, -0.2) is 4.98 Å². The minimum absolute atomic E-state index is 0.0784. The molecule has 0 saturated carbocycles. The highest BCUT2D eigenvalue weighted by Gasteiger charge is 2.15. The molecular weight excluding hydrogens is 356 g/mol. The highest BCUT2D eigenvalue weighted by molar-refractivity contribution is 8.26. The molecule has 2 aromatic heterocycles. The number of nitrogens with zero attached hydrogens (tertiary/aromatic N) is 2. The minimum atomic E-state index is -0.0784. The number of aromatic nitrogens is 2. The molecule has 4 rings (SSSR count). The zero-order valence-electron chi connectivity index (χ0n) is 15.0. The van der Waals surface area contributed by atoms with Crippen LogP contribution in [0.5, 0.6) is 0 Å². The molecular formula is C20H22N6S. The number of H-pyrrole nitrogens is 1. The third kappa shape index (κ3) is 3.68. The molecule has 0 amide bonds. The van der Waals surface area contributed by atoms with Gasteiger partial charge in [0, 0.05) is 41.3 Å². The molecule has 1 aromatic carbocycles. The average molecular weight is 379 g/mol. The molecule has 7 heteroatoms. The number of hydrogen-bond acceptors (Lipinski definition) is 5. The lowest BCUT2D eigenvalue weighted by Gasteiger charge is -2.27. The lowest BCUT2D eigenvalue weighted by atomic mass is 10.1. The zero-order chi connectivity index (χ0) is 18.8. The highest BCUT2D eigenvalue weighted by Crippen LogP contribution is 2.30. The van der Waals surface area contributed by atoms with Crippen LogP contribution in [0, 0.1) is 10.8 Å². The van der Waals surface area contributed by atoms with Crippen molar-refractivity contribution >= 4 is 38.7 Å². The SMILES string of the molecule is N=C(N)SC(=N)c1ccc2[nH]cc(-c3cccc(N4CCCCC4)n3)c2c1. The van der Waals surface area contributed by atoms with Gasteiger partial charge in [-0.15, -0.1) is 0 Å². The van der Waals surface area contributed by atoms with Gasteiger partial charge in [0.2, 0.25) is 0 Å². The first-order chi connectivity index (χ1) is 13.1. The van der Waals surface area contributed by atoms with E-state index >= 15 is 0 Å². The number of rotatable bonds is 3. The number of nitrogens with one attached hydrogen (secondary N) is 3. The van der Waals surface area contributed by atoms with Gasteiger partial charge in [-0.3, -0.25) is 10.8 Å². The van der Waals surface area contributed by atoms with Crippen molar-refractivity contribution in [3.05, 3.63) is 48.2 Å². The fraction of sp³-hybridized carbons (Fsp3) is 0.250. The van der Waals surface area contributed by atoms with Gasteiger partial charge >= 0.3 is 0 Å². The third-order valence-electron chi connectivity index (χ3n) is 4.85. The normalized spacial score (nSPS) is 14.4. The van der Waals surface area contributed by atoms with Gasteiger partial charge < -0.3 is 15.6 Å². The van der Waals surface area contributed by atoms with Crippen LogP contribution in [0.4, 0.5) is 5.82 Å². The third-order valence-corrected chi connectivity index (χ3v) is 5.51. The quantitative estimate of drug-likeness (QED) is 0.405. The van der Waals surface area contributed by atoms with Crippen molar-refractivity contribution in [3.63, 3.8) is 0 Å². The molecule has 1 aliphatic rings. The van der Waals surface area contributed by atoms with Crippen LogP contribution in [0.15, 0.2) is 42.6 Å². The molecule has 1 aliphatic heterocycles. The molecule has 0 radical (unpaired) electrons. The first-order valence-corrected chi connectivity index (χ1v) is 9.88. The Bertz CT molecular complexity index is 1000. The molecule has 5 N–H and O–H groups in total. The summed E-state index contributed by atoms with van der Waals surface area (Å²) in [6.45, 7) is 2.13. The predicted molar refractivity (Wildman–Crippen MR) is 114 cm³/mol. The topological polar surface area (TPSA) is 106 Å². The van der Waals surface area contributed by atoms with Crippen molar-refractivity contribution in [2.24, 2.45) is 5.73 Å². The van der Waals surface area contributed by atoms with E-state index in [0.29, 0.717) is 0 Å². The first kappa shape index (κ1) is 17.6. The molecule has 138 valence electrons. The van der Waals surface area contributed by atoms with Crippen LogP contribution in [0.25, 0.3) is 22.2 Å². The minimum Gasteiger partial charge on any atom is -0.378 e. The molecule has 0 atom stereocenters. The molecule has 0 aliphatic carbocycles. The standard InChI is InChI=1S/C20H22N6S/c21-19(27-20(22)23)13-7-8-16-14(11-13)15(12-24-16)17-5-4-6-18(25-17)26-9-2-1-3-10-26/h4-8,11-12,21,24H,1-3,9-10H2,(H3,22,23). The van der Waals surface area contributed by atoms with E-state index in [-0.39, 0.29) is 10.2 Å². The summed E-state index contributed by atoms with van der Waals surface area (Å²) in [6, 6.07) is 12.0. The van der Waals surface area contributed by atoms with E-state index in [1.165, 1.54) is 19.3 Å². The number of anilines is 1. The van der Waals surface area contributed by atoms with Crippen LogP contribution in [-0.4, -0.2) is 33.3 Å². The molecule has 6 nitrogen and oxygen atoms in total. The van der Waals surface area contributed by atoms with Gasteiger partial charge in [-0.2, -0.15) is 0 Å². The lowest BCUT2D eigenvalue weighted by Crippen LogP contribution is -2.30. The summed E-state index contributed by atoms with van der Waals surface area (Å²) in [5, 5.41) is 16.7. The summed E-state index contributed by atoms with van der Waals surface area (Å²) in [5.41, 5.74) is 9.11. The smallest absolute Gasteiger partial charge is 0.157 e. The van der Waals surface area contributed by atoms with Crippen molar-refractivity contribution in [2.45, 2.75) is 19.3 Å².